The third-order valence-corrected chi connectivity index (χ3v) is 4.72. The van der Waals surface area contributed by atoms with E-state index in [1.807, 2.05) is 6.92 Å². The van der Waals surface area contributed by atoms with Crippen molar-refractivity contribution in [1.82, 2.24) is 4.72 Å². The van der Waals surface area contributed by atoms with Crippen LogP contribution < -0.4 is 9.46 Å². The van der Waals surface area contributed by atoms with Crippen LogP contribution in [0.5, 0.6) is 5.75 Å². The van der Waals surface area contributed by atoms with Crippen molar-refractivity contribution in [2.24, 2.45) is 0 Å². The van der Waals surface area contributed by atoms with Gasteiger partial charge < -0.3 is 9.84 Å². The van der Waals surface area contributed by atoms with Gasteiger partial charge in [-0.3, -0.25) is 0 Å². The fourth-order valence-corrected chi connectivity index (χ4v) is 3.10. The molecule has 1 rings (SSSR count). The summed E-state index contributed by atoms with van der Waals surface area (Å²) in [5.74, 6) is 0.666. The molecule has 21 heavy (non-hydrogen) atoms. The standard InChI is InChI=1S/C15H25NO4S/c1-3-5-6-11-20-14-7-9-15(10-8-14)21(18,19)16-13(4-2)12-17/h7-10,13,16-17H,3-6,11-12H2,1-2H3. The molecule has 0 saturated carbocycles. The van der Waals surface area contributed by atoms with Gasteiger partial charge in [0.2, 0.25) is 10.0 Å². The second-order valence-electron chi connectivity index (χ2n) is 4.94. The van der Waals surface area contributed by atoms with Gasteiger partial charge in [0.1, 0.15) is 5.75 Å². The molecule has 1 aromatic rings. The first kappa shape index (κ1) is 17.9. The summed E-state index contributed by atoms with van der Waals surface area (Å²) in [6.07, 6.45) is 3.78. The first-order chi connectivity index (χ1) is 10.0. The number of aliphatic hydroxyl groups excluding tert-OH is 1. The zero-order chi connectivity index (χ0) is 15.7. The van der Waals surface area contributed by atoms with E-state index in [1.165, 1.54) is 12.1 Å². The van der Waals surface area contributed by atoms with Crippen LogP contribution in [0.15, 0.2) is 29.2 Å². The highest BCUT2D eigenvalue weighted by Crippen LogP contribution is 2.17. The highest BCUT2D eigenvalue weighted by molar-refractivity contribution is 7.89. The van der Waals surface area contributed by atoms with Crippen molar-refractivity contribution < 1.29 is 18.3 Å². The van der Waals surface area contributed by atoms with E-state index >= 15 is 0 Å². The molecule has 1 unspecified atom stereocenters. The van der Waals surface area contributed by atoms with E-state index in [0.717, 1.165) is 19.3 Å². The number of benzene rings is 1. The maximum atomic E-state index is 12.1. The summed E-state index contributed by atoms with van der Waals surface area (Å²) in [4.78, 5) is 0.176. The first-order valence-corrected chi connectivity index (χ1v) is 8.87. The largest absolute Gasteiger partial charge is 0.494 e. The normalized spacial score (nSPS) is 13.1. The third-order valence-electron chi connectivity index (χ3n) is 3.19. The van der Waals surface area contributed by atoms with Crippen LogP contribution in [0.3, 0.4) is 0 Å². The molecule has 6 heteroatoms. The zero-order valence-electron chi connectivity index (χ0n) is 12.7. The van der Waals surface area contributed by atoms with E-state index in [-0.39, 0.29) is 11.5 Å². The van der Waals surface area contributed by atoms with Crippen molar-refractivity contribution >= 4 is 10.0 Å². The lowest BCUT2D eigenvalue weighted by Crippen LogP contribution is -2.36. The Labute approximate surface area is 127 Å². The number of sulfonamides is 1. The van der Waals surface area contributed by atoms with Crippen molar-refractivity contribution in [3.63, 3.8) is 0 Å². The second-order valence-corrected chi connectivity index (χ2v) is 6.65. The highest BCUT2D eigenvalue weighted by Gasteiger charge is 2.18. The molecule has 5 nitrogen and oxygen atoms in total. The van der Waals surface area contributed by atoms with Crippen LogP contribution in [-0.4, -0.2) is 32.8 Å². The minimum Gasteiger partial charge on any atom is -0.494 e. The number of nitrogens with one attached hydrogen (secondary N) is 1. The second kappa shape index (κ2) is 9.02. The Morgan fingerprint density at radius 2 is 1.86 bits per heavy atom. The van der Waals surface area contributed by atoms with Gasteiger partial charge in [0.15, 0.2) is 0 Å². The highest BCUT2D eigenvalue weighted by atomic mass is 32.2. The van der Waals surface area contributed by atoms with E-state index in [0.29, 0.717) is 18.8 Å². The average Bonchev–Trinajstić information content (AvgIpc) is 2.49. The smallest absolute Gasteiger partial charge is 0.240 e. The Balaban J connectivity index is 2.64. The number of unbranched alkanes of at least 4 members (excludes halogenated alkanes) is 2. The molecule has 0 bridgehead atoms. The number of rotatable bonds is 10. The molecule has 0 amide bonds. The molecule has 0 radical (unpaired) electrons. The number of hydrogen-bond donors (Lipinski definition) is 2. The Hall–Kier alpha value is -1.11. The minimum absolute atomic E-state index is 0.176. The summed E-state index contributed by atoms with van der Waals surface area (Å²) in [6, 6.07) is 5.88. The quantitative estimate of drug-likeness (QED) is 0.650. The molecular weight excluding hydrogens is 290 g/mol. The lowest BCUT2D eigenvalue weighted by molar-refractivity contribution is 0.254. The molecule has 0 fully saturated rings. The molecule has 0 aliphatic carbocycles. The summed E-state index contributed by atoms with van der Waals surface area (Å²) in [7, 11) is -3.60. The maximum absolute atomic E-state index is 12.1. The molecule has 1 aromatic carbocycles. The van der Waals surface area contributed by atoms with E-state index in [1.54, 1.807) is 12.1 Å². The predicted octanol–water partition coefficient (Wildman–Crippen LogP) is 2.30. The van der Waals surface area contributed by atoms with Crippen molar-refractivity contribution in [3.8, 4) is 5.75 Å². The van der Waals surface area contributed by atoms with E-state index in [2.05, 4.69) is 11.6 Å². The Morgan fingerprint density at radius 1 is 1.19 bits per heavy atom. The SMILES string of the molecule is CCCCCOc1ccc(S(=O)(=O)NC(CC)CO)cc1. The Morgan fingerprint density at radius 3 is 2.38 bits per heavy atom. The fourth-order valence-electron chi connectivity index (χ4n) is 1.79. The Bertz CT molecular complexity index is 495. The lowest BCUT2D eigenvalue weighted by atomic mass is 10.3. The van der Waals surface area contributed by atoms with E-state index < -0.39 is 16.1 Å². The average molecular weight is 315 g/mol. The molecule has 0 aromatic heterocycles. The summed E-state index contributed by atoms with van der Waals surface area (Å²) < 4.78 is 32.2. The van der Waals surface area contributed by atoms with Crippen molar-refractivity contribution in [2.75, 3.05) is 13.2 Å². The molecule has 0 saturated heterocycles. The maximum Gasteiger partial charge on any atom is 0.240 e. The van der Waals surface area contributed by atoms with Gasteiger partial charge in [-0.15, -0.1) is 0 Å². The molecule has 1 atom stereocenters. The minimum atomic E-state index is -3.60. The van der Waals surface area contributed by atoms with Crippen LogP contribution in [0, 0.1) is 0 Å². The Kier molecular flexibility index (Phi) is 7.71. The van der Waals surface area contributed by atoms with Gasteiger partial charge in [-0.1, -0.05) is 26.7 Å². The molecule has 0 spiro atoms. The van der Waals surface area contributed by atoms with Gasteiger partial charge in [-0.2, -0.15) is 0 Å². The van der Waals surface area contributed by atoms with Gasteiger partial charge in [0, 0.05) is 6.04 Å². The first-order valence-electron chi connectivity index (χ1n) is 7.39. The zero-order valence-corrected chi connectivity index (χ0v) is 13.5. The van der Waals surface area contributed by atoms with E-state index in [9.17, 15) is 8.42 Å². The summed E-state index contributed by atoms with van der Waals surface area (Å²) in [5, 5.41) is 9.07. The molecule has 2 N–H and O–H groups in total. The van der Waals surface area contributed by atoms with Crippen LogP contribution in [-0.2, 0) is 10.0 Å². The third kappa shape index (κ3) is 6.03. The monoisotopic (exact) mass is 315 g/mol. The molecule has 120 valence electrons. The summed E-state index contributed by atoms with van der Waals surface area (Å²) >= 11 is 0. The van der Waals surface area contributed by atoms with Gasteiger partial charge in [0.05, 0.1) is 18.1 Å². The molecule has 0 heterocycles. The van der Waals surface area contributed by atoms with Gasteiger partial charge in [0.25, 0.3) is 0 Å². The van der Waals surface area contributed by atoms with E-state index in [4.69, 9.17) is 9.84 Å². The summed E-state index contributed by atoms with van der Waals surface area (Å²) in [5.41, 5.74) is 0. The van der Waals surface area contributed by atoms with Crippen LogP contribution in [0.1, 0.15) is 39.5 Å². The lowest BCUT2D eigenvalue weighted by Gasteiger charge is -2.14. The van der Waals surface area contributed by atoms with Gasteiger partial charge in [-0.05, 0) is 37.1 Å². The van der Waals surface area contributed by atoms with Crippen molar-refractivity contribution in [1.29, 1.82) is 0 Å². The molecule has 0 aliphatic rings. The topological polar surface area (TPSA) is 75.6 Å². The number of aliphatic hydroxyl groups is 1. The number of hydrogen-bond acceptors (Lipinski definition) is 4. The van der Waals surface area contributed by atoms with Gasteiger partial charge >= 0.3 is 0 Å². The number of ether oxygens (including phenoxy) is 1. The van der Waals surface area contributed by atoms with Crippen LogP contribution in [0.2, 0.25) is 0 Å². The van der Waals surface area contributed by atoms with Crippen LogP contribution >= 0.6 is 0 Å². The van der Waals surface area contributed by atoms with Crippen LogP contribution in [0.25, 0.3) is 0 Å². The van der Waals surface area contributed by atoms with Crippen LogP contribution in [0.4, 0.5) is 0 Å². The van der Waals surface area contributed by atoms with Crippen molar-refractivity contribution in [2.45, 2.75) is 50.5 Å². The summed E-state index contributed by atoms with van der Waals surface area (Å²) in [6.45, 7) is 4.37. The molecular formula is C15H25NO4S. The molecule has 0 aliphatic heterocycles. The van der Waals surface area contributed by atoms with Gasteiger partial charge in [-0.25, -0.2) is 13.1 Å². The fraction of sp³-hybridized carbons (Fsp3) is 0.600. The van der Waals surface area contributed by atoms with Crippen molar-refractivity contribution in [3.05, 3.63) is 24.3 Å². The predicted molar refractivity (Wildman–Crippen MR) is 82.9 cm³/mol.